The molecule has 0 unspecified atom stereocenters. The van der Waals surface area contributed by atoms with Crippen LogP contribution in [0, 0.1) is 0 Å². The number of nitrogens with one attached hydrogen (secondary N) is 1. The van der Waals surface area contributed by atoms with E-state index in [1.54, 1.807) is 30.5 Å². The Bertz CT molecular complexity index is 739. The minimum Gasteiger partial charge on any atom is -0.490 e. The number of benzene rings is 1. The summed E-state index contributed by atoms with van der Waals surface area (Å²) in [5.74, 6) is 0.911. The van der Waals surface area contributed by atoms with Crippen LogP contribution in [0.5, 0.6) is 11.5 Å². The number of nitrogens with zero attached hydrogens (tertiary/aromatic N) is 1. The van der Waals surface area contributed by atoms with Crippen LogP contribution in [0.15, 0.2) is 35.5 Å². The van der Waals surface area contributed by atoms with Gasteiger partial charge in [-0.1, -0.05) is 11.6 Å². The maximum absolute atomic E-state index is 12.5. The number of aromatic nitrogens is 1. The summed E-state index contributed by atoms with van der Waals surface area (Å²) in [6, 6.07) is 6.81. The number of amides is 1. The Morgan fingerprint density at radius 3 is 2.78 bits per heavy atom. The second-order valence-electron chi connectivity index (χ2n) is 4.84. The zero-order valence-electron chi connectivity index (χ0n) is 12.5. The maximum Gasteiger partial charge on any atom is 0.258 e. The van der Waals surface area contributed by atoms with Crippen LogP contribution < -0.4 is 14.8 Å². The maximum atomic E-state index is 12.5. The molecule has 3 rings (SSSR count). The molecule has 0 saturated heterocycles. The molecule has 1 aromatic heterocycles. The fourth-order valence-corrected chi connectivity index (χ4v) is 2.94. The van der Waals surface area contributed by atoms with Gasteiger partial charge in [0.05, 0.1) is 29.5 Å². The number of carbonyl (C=O) groups is 1. The molecule has 2 heterocycles. The fourth-order valence-electron chi connectivity index (χ4n) is 2.20. The van der Waals surface area contributed by atoms with Crippen molar-refractivity contribution >= 4 is 35.0 Å². The van der Waals surface area contributed by atoms with Gasteiger partial charge in [0.15, 0.2) is 11.5 Å². The van der Waals surface area contributed by atoms with Crippen LogP contribution in [0.4, 0.5) is 5.69 Å². The van der Waals surface area contributed by atoms with E-state index in [-0.39, 0.29) is 5.91 Å². The van der Waals surface area contributed by atoms with Crippen molar-refractivity contribution in [3.8, 4) is 11.5 Å². The molecule has 0 spiro atoms. The van der Waals surface area contributed by atoms with Crippen molar-refractivity contribution in [2.24, 2.45) is 0 Å². The van der Waals surface area contributed by atoms with Gasteiger partial charge < -0.3 is 14.8 Å². The molecule has 1 aliphatic heterocycles. The van der Waals surface area contributed by atoms with Crippen molar-refractivity contribution in [1.29, 1.82) is 0 Å². The molecule has 1 N–H and O–H groups in total. The van der Waals surface area contributed by atoms with E-state index >= 15 is 0 Å². The quantitative estimate of drug-likeness (QED) is 0.851. The van der Waals surface area contributed by atoms with Crippen LogP contribution in [0.3, 0.4) is 0 Å². The molecule has 2 aromatic rings. The number of hydrogen-bond donors (Lipinski definition) is 1. The van der Waals surface area contributed by atoms with Crippen LogP contribution in [0.1, 0.15) is 16.8 Å². The van der Waals surface area contributed by atoms with Crippen molar-refractivity contribution in [1.82, 2.24) is 4.98 Å². The molecular formula is C16H15ClN2O3S. The first-order valence-corrected chi connectivity index (χ1v) is 8.69. The van der Waals surface area contributed by atoms with Gasteiger partial charge in [-0.25, -0.2) is 4.98 Å². The average molecular weight is 351 g/mol. The van der Waals surface area contributed by atoms with Gasteiger partial charge in [0.1, 0.15) is 5.03 Å². The highest BCUT2D eigenvalue weighted by atomic mass is 35.5. The van der Waals surface area contributed by atoms with Gasteiger partial charge in [-0.2, -0.15) is 0 Å². The predicted molar refractivity (Wildman–Crippen MR) is 91.0 cm³/mol. The molecule has 7 heteroatoms. The first-order valence-electron chi connectivity index (χ1n) is 7.08. The molecule has 0 fully saturated rings. The van der Waals surface area contributed by atoms with Crippen molar-refractivity contribution in [3.05, 3.63) is 41.0 Å². The summed E-state index contributed by atoms with van der Waals surface area (Å²) in [6.07, 6.45) is 4.34. The highest BCUT2D eigenvalue weighted by Crippen LogP contribution is 2.38. The molecule has 0 aliphatic carbocycles. The monoisotopic (exact) mass is 350 g/mol. The van der Waals surface area contributed by atoms with E-state index in [1.165, 1.54) is 11.8 Å². The van der Waals surface area contributed by atoms with Crippen molar-refractivity contribution < 1.29 is 14.3 Å². The minimum atomic E-state index is -0.265. The van der Waals surface area contributed by atoms with Crippen molar-refractivity contribution in [2.45, 2.75) is 11.4 Å². The molecule has 1 amide bonds. The third-order valence-electron chi connectivity index (χ3n) is 3.29. The SMILES string of the molecule is CSc1ncccc1C(=O)Nc1cc2c(cc1Cl)OCCCO2. The van der Waals surface area contributed by atoms with Gasteiger partial charge in [0.2, 0.25) is 0 Å². The molecule has 1 aromatic carbocycles. The fraction of sp³-hybridized carbons (Fsp3) is 0.250. The van der Waals surface area contributed by atoms with Gasteiger partial charge in [0.25, 0.3) is 5.91 Å². The lowest BCUT2D eigenvalue weighted by atomic mass is 10.2. The number of fused-ring (bicyclic) bond motifs is 1. The largest absolute Gasteiger partial charge is 0.490 e. The molecule has 0 radical (unpaired) electrons. The molecule has 1 aliphatic rings. The van der Waals surface area contributed by atoms with E-state index in [2.05, 4.69) is 10.3 Å². The molecule has 5 nitrogen and oxygen atoms in total. The molecular weight excluding hydrogens is 336 g/mol. The Balaban J connectivity index is 1.88. The second-order valence-corrected chi connectivity index (χ2v) is 6.05. The number of thioether (sulfide) groups is 1. The van der Waals surface area contributed by atoms with Crippen LogP contribution in [0.2, 0.25) is 5.02 Å². The number of rotatable bonds is 3. The summed E-state index contributed by atoms with van der Waals surface area (Å²) < 4.78 is 11.2. The van der Waals surface area contributed by atoms with Crippen molar-refractivity contribution in [3.63, 3.8) is 0 Å². The van der Waals surface area contributed by atoms with E-state index < -0.39 is 0 Å². The summed E-state index contributed by atoms with van der Waals surface area (Å²) in [7, 11) is 0. The van der Waals surface area contributed by atoms with E-state index in [0.717, 1.165) is 6.42 Å². The number of ether oxygens (including phenoxy) is 2. The molecule has 0 atom stereocenters. The first kappa shape index (κ1) is 16.0. The van der Waals surface area contributed by atoms with Crippen LogP contribution in [-0.2, 0) is 0 Å². The molecule has 23 heavy (non-hydrogen) atoms. The summed E-state index contributed by atoms with van der Waals surface area (Å²) in [5.41, 5.74) is 0.986. The normalized spacial score (nSPS) is 13.3. The molecule has 0 bridgehead atoms. The van der Waals surface area contributed by atoms with Gasteiger partial charge in [-0.15, -0.1) is 11.8 Å². The van der Waals surface area contributed by atoms with Crippen LogP contribution >= 0.6 is 23.4 Å². The van der Waals surface area contributed by atoms with Gasteiger partial charge >= 0.3 is 0 Å². The third-order valence-corrected chi connectivity index (χ3v) is 4.32. The average Bonchev–Trinajstić information content (AvgIpc) is 2.80. The lowest BCUT2D eigenvalue weighted by Crippen LogP contribution is -2.14. The van der Waals surface area contributed by atoms with Crippen LogP contribution in [-0.4, -0.2) is 30.4 Å². The van der Waals surface area contributed by atoms with E-state index in [9.17, 15) is 4.79 Å². The summed E-state index contributed by atoms with van der Waals surface area (Å²) in [6.45, 7) is 1.16. The Kier molecular flexibility index (Phi) is 4.93. The van der Waals surface area contributed by atoms with Crippen LogP contribution in [0.25, 0.3) is 0 Å². The summed E-state index contributed by atoms with van der Waals surface area (Å²) in [4.78, 5) is 16.7. The lowest BCUT2D eigenvalue weighted by molar-refractivity contribution is 0.102. The standard InChI is InChI=1S/C16H15ClN2O3S/c1-23-16-10(4-2-5-18-16)15(20)19-12-9-14-13(8-11(12)17)21-6-3-7-22-14/h2,4-5,8-9H,3,6-7H2,1H3,(H,19,20). The summed E-state index contributed by atoms with van der Waals surface area (Å²) >= 11 is 7.66. The van der Waals surface area contributed by atoms with Gasteiger partial charge in [-0.3, -0.25) is 4.79 Å². The zero-order valence-corrected chi connectivity index (χ0v) is 14.0. The number of pyridine rings is 1. The smallest absolute Gasteiger partial charge is 0.258 e. The molecule has 120 valence electrons. The number of carbonyl (C=O) groups excluding carboxylic acids is 1. The van der Waals surface area contributed by atoms with E-state index in [0.29, 0.717) is 46.0 Å². The highest BCUT2D eigenvalue weighted by Gasteiger charge is 2.17. The first-order chi connectivity index (χ1) is 11.2. The lowest BCUT2D eigenvalue weighted by Gasteiger charge is -2.13. The Morgan fingerprint density at radius 2 is 2.04 bits per heavy atom. The zero-order chi connectivity index (χ0) is 16.2. The third kappa shape index (κ3) is 3.54. The Labute approximate surface area is 143 Å². The number of hydrogen-bond acceptors (Lipinski definition) is 5. The second kappa shape index (κ2) is 7.10. The van der Waals surface area contributed by atoms with Gasteiger partial charge in [-0.05, 0) is 18.4 Å². The van der Waals surface area contributed by atoms with E-state index in [4.69, 9.17) is 21.1 Å². The number of anilines is 1. The number of halogens is 1. The highest BCUT2D eigenvalue weighted by molar-refractivity contribution is 7.98. The Hall–Kier alpha value is -1.92. The minimum absolute atomic E-state index is 0.265. The molecule has 0 saturated carbocycles. The van der Waals surface area contributed by atoms with E-state index in [1.807, 2.05) is 6.26 Å². The topological polar surface area (TPSA) is 60.5 Å². The predicted octanol–water partition coefficient (Wildman–Crippen LogP) is 3.87. The summed E-state index contributed by atoms with van der Waals surface area (Å²) in [5, 5.41) is 3.87. The van der Waals surface area contributed by atoms with Gasteiger partial charge in [0, 0.05) is 24.8 Å². The Morgan fingerprint density at radius 1 is 1.30 bits per heavy atom. The van der Waals surface area contributed by atoms with Crippen molar-refractivity contribution in [2.75, 3.05) is 24.8 Å².